The van der Waals surface area contributed by atoms with Crippen LogP contribution in [0.15, 0.2) is 30.3 Å². The van der Waals surface area contributed by atoms with Gasteiger partial charge in [0.2, 0.25) is 0 Å². The highest BCUT2D eigenvalue weighted by Crippen LogP contribution is 2.28. The molecule has 0 spiro atoms. The molecule has 7 nitrogen and oxygen atoms in total. The minimum Gasteiger partial charge on any atom is -0.493 e. The third-order valence-corrected chi connectivity index (χ3v) is 3.86. The van der Waals surface area contributed by atoms with Gasteiger partial charge in [0, 0.05) is 12.0 Å². The van der Waals surface area contributed by atoms with Crippen molar-refractivity contribution < 1.29 is 9.47 Å². The van der Waals surface area contributed by atoms with E-state index in [1.54, 1.807) is 18.7 Å². The van der Waals surface area contributed by atoms with Gasteiger partial charge in [-0.3, -0.25) is 0 Å². The molecule has 3 aromatic rings. The van der Waals surface area contributed by atoms with Gasteiger partial charge in [-0.15, -0.1) is 15.3 Å². The molecule has 7 heteroatoms. The summed E-state index contributed by atoms with van der Waals surface area (Å²) < 4.78 is 12.4. The molecule has 2 aromatic heterocycles. The van der Waals surface area contributed by atoms with Gasteiger partial charge in [0.25, 0.3) is 0 Å². The van der Waals surface area contributed by atoms with Crippen LogP contribution in [0.4, 0.5) is 5.82 Å². The van der Waals surface area contributed by atoms with Gasteiger partial charge in [0.1, 0.15) is 5.82 Å². The number of nitrogens with one attached hydrogen (secondary N) is 1. The van der Waals surface area contributed by atoms with E-state index >= 15 is 0 Å². The van der Waals surface area contributed by atoms with E-state index in [2.05, 4.69) is 41.4 Å². The average molecular weight is 341 g/mol. The van der Waals surface area contributed by atoms with Gasteiger partial charge >= 0.3 is 0 Å². The summed E-state index contributed by atoms with van der Waals surface area (Å²) in [5.74, 6) is 3.01. The molecule has 0 radical (unpaired) electrons. The van der Waals surface area contributed by atoms with Crippen LogP contribution in [0.2, 0.25) is 0 Å². The Kier molecular flexibility index (Phi) is 4.48. The number of ether oxygens (including phenoxy) is 2. The molecule has 0 bridgehead atoms. The average Bonchev–Trinajstić information content (AvgIpc) is 3.03. The van der Waals surface area contributed by atoms with Gasteiger partial charge < -0.3 is 14.8 Å². The number of hydrogen-bond acceptors (Lipinski definition) is 6. The fourth-order valence-electron chi connectivity index (χ4n) is 2.53. The quantitative estimate of drug-likeness (QED) is 0.769. The van der Waals surface area contributed by atoms with Crippen molar-refractivity contribution in [3.63, 3.8) is 0 Å². The first-order valence-corrected chi connectivity index (χ1v) is 8.10. The molecule has 0 saturated heterocycles. The van der Waals surface area contributed by atoms with Crippen LogP contribution in [0.3, 0.4) is 0 Å². The minimum atomic E-state index is -0.131. The summed E-state index contributed by atoms with van der Waals surface area (Å²) in [5.41, 5.74) is 1.68. The van der Waals surface area contributed by atoms with E-state index < -0.39 is 0 Å². The Morgan fingerprint density at radius 1 is 1.00 bits per heavy atom. The molecular formula is C18H23N5O2. The smallest absolute Gasteiger partial charge is 0.178 e. The number of benzene rings is 1. The third kappa shape index (κ3) is 3.50. The van der Waals surface area contributed by atoms with Gasteiger partial charge in [-0.05, 0) is 29.8 Å². The van der Waals surface area contributed by atoms with Crippen molar-refractivity contribution in [2.24, 2.45) is 0 Å². The largest absolute Gasteiger partial charge is 0.493 e. The second-order valence-electron chi connectivity index (χ2n) is 6.81. The summed E-state index contributed by atoms with van der Waals surface area (Å²) in [6, 6.07) is 9.64. The molecule has 132 valence electrons. The highest BCUT2D eigenvalue weighted by molar-refractivity contribution is 5.46. The summed E-state index contributed by atoms with van der Waals surface area (Å²) in [6.45, 7) is 6.89. The van der Waals surface area contributed by atoms with Crippen molar-refractivity contribution >= 4 is 11.5 Å². The van der Waals surface area contributed by atoms with Crippen LogP contribution in [0.5, 0.6) is 11.5 Å². The normalized spacial score (nSPS) is 11.6. The van der Waals surface area contributed by atoms with Crippen molar-refractivity contribution in [1.82, 2.24) is 19.8 Å². The van der Waals surface area contributed by atoms with Gasteiger partial charge in [0.05, 0.1) is 14.2 Å². The first kappa shape index (κ1) is 17.0. The molecule has 1 N–H and O–H groups in total. The fourth-order valence-corrected chi connectivity index (χ4v) is 2.53. The SMILES string of the molecule is COc1ccc(CNc2ccc3nnc(C(C)(C)C)n3n2)cc1OC. The summed E-state index contributed by atoms with van der Waals surface area (Å²) in [7, 11) is 3.26. The summed E-state index contributed by atoms with van der Waals surface area (Å²) in [6.07, 6.45) is 0. The molecule has 3 rings (SSSR count). The predicted octanol–water partition coefficient (Wildman–Crippen LogP) is 3.05. The van der Waals surface area contributed by atoms with E-state index in [0.717, 1.165) is 22.9 Å². The van der Waals surface area contributed by atoms with Crippen LogP contribution >= 0.6 is 0 Å². The Morgan fingerprint density at radius 2 is 1.76 bits per heavy atom. The lowest BCUT2D eigenvalue weighted by Crippen LogP contribution is -2.17. The molecule has 25 heavy (non-hydrogen) atoms. The Hall–Kier alpha value is -2.83. The third-order valence-electron chi connectivity index (χ3n) is 3.86. The van der Waals surface area contributed by atoms with Crippen molar-refractivity contribution in [1.29, 1.82) is 0 Å². The minimum absolute atomic E-state index is 0.131. The zero-order valence-electron chi connectivity index (χ0n) is 15.2. The summed E-state index contributed by atoms with van der Waals surface area (Å²) >= 11 is 0. The van der Waals surface area contributed by atoms with Crippen molar-refractivity contribution in [3.8, 4) is 11.5 Å². The lowest BCUT2D eigenvalue weighted by Gasteiger charge is -2.15. The molecule has 1 aromatic carbocycles. The monoisotopic (exact) mass is 341 g/mol. The Balaban J connectivity index is 1.82. The Labute approximate surface area is 147 Å². The molecule has 0 amide bonds. The predicted molar refractivity (Wildman–Crippen MR) is 96.4 cm³/mol. The number of rotatable bonds is 5. The maximum atomic E-state index is 5.34. The van der Waals surface area contributed by atoms with Crippen LogP contribution in [-0.2, 0) is 12.0 Å². The number of aromatic nitrogens is 4. The van der Waals surface area contributed by atoms with Gasteiger partial charge in [-0.25, -0.2) is 0 Å². The van der Waals surface area contributed by atoms with Crippen LogP contribution in [0.25, 0.3) is 5.65 Å². The molecule has 0 aliphatic heterocycles. The van der Waals surface area contributed by atoms with E-state index in [0.29, 0.717) is 18.0 Å². The van der Waals surface area contributed by atoms with Gasteiger partial charge in [-0.2, -0.15) is 4.52 Å². The number of fused-ring (bicyclic) bond motifs is 1. The maximum absolute atomic E-state index is 5.34. The second-order valence-corrected chi connectivity index (χ2v) is 6.81. The number of nitrogens with zero attached hydrogens (tertiary/aromatic N) is 4. The Morgan fingerprint density at radius 3 is 2.44 bits per heavy atom. The van der Waals surface area contributed by atoms with Crippen LogP contribution in [-0.4, -0.2) is 34.0 Å². The number of hydrogen-bond donors (Lipinski definition) is 1. The molecule has 0 saturated carbocycles. The van der Waals surface area contributed by atoms with Crippen LogP contribution in [0, 0.1) is 0 Å². The first-order chi connectivity index (χ1) is 11.9. The van der Waals surface area contributed by atoms with Crippen molar-refractivity contribution in [2.75, 3.05) is 19.5 Å². The molecule has 0 unspecified atom stereocenters. The second kappa shape index (κ2) is 6.58. The zero-order valence-corrected chi connectivity index (χ0v) is 15.2. The summed E-state index contributed by atoms with van der Waals surface area (Å²) in [5, 5.41) is 16.4. The van der Waals surface area contributed by atoms with Crippen molar-refractivity contribution in [3.05, 3.63) is 41.7 Å². The zero-order chi connectivity index (χ0) is 18.0. The standard InChI is InChI=1S/C18H23N5O2/c1-18(2,3)17-21-20-16-9-8-15(22-23(16)17)19-11-12-6-7-13(24-4)14(10-12)25-5/h6-10H,11H2,1-5H3,(H,19,22). The van der Waals surface area contributed by atoms with Crippen LogP contribution < -0.4 is 14.8 Å². The molecule has 2 heterocycles. The molecule has 0 atom stereocenters. The fraction of sp³-hybridized carbons (Fsp3) is 0.389. The number of methoxy groups -OCH3 is 2. The highest BCUT2D eigenvalue weighted by atomic mass is 16.5. The van der Waals surface area contributed by atoms with E-state index in [4.69, 9.17) is 9.47 Å². The van der Waals surface area contributed by atoms with Crippen LogP contribution in [0.1, 0.15) is 32.2 Å². The lowest BCUT2D eigenvalue weighted by atomic mass is 9.96. The lowest BCUT2D eigenvalue weighted by molar-refractivity contribution is 0.354. The number of anilines is 1. The van der Waals surface area contributed by atoms with Gasteiger partial charge in [0.15, 0.2) is 23.0 Å². The maximum Gasteiger partial charge on any atom is 0.178 e. The Bertz CT molecular complexity index is 883. The molecule has 0 fully saturated rings. The molecular weight excluding hydrogens is 318 g/mol. The van der Waals surface area contributed by atoms with E-state index in [9.17, 15) is 0 Å². The summed E-state index contributed by atoms with van der Waals surface area (Å²) in [4.78, 5) is 0. The topological polar surface area (TPSA) is 73.6 Å². The van der Waals surface area contributed by atoms with Gasteiger partial charge in [-0.1, -0.05) is 26.8 Å². The van der Waals surface area contributed by atoms with Crippen molar-refractivity contribution in [2.45, 2.75) is 32.7 Å². The molecule has 0 aliphatic carbocycles. The van der Waals surface area contributed by atoms with E-state index in [1.807, 2.05) is 30.3 Å². The molecule has 0 aliphatic rings. The van der Waals surface area contributed by atoms with E-state index in [-0.39, 0.29) is 5.41 Å². The van der Waals surface area contributed by atoms with E-state index in [1.165, 1.54) is 0 Å². The first-order valence-electron chi connectivity index (χ1n) is 8.10. The highest BCUT2D eigenvalue weighted by Gasteiger charge is 2.21.